The molecule has 1 aromatic heterocycles. The number of benzene rings is 2. The van der Waals surface area contributed by atoms with Crippen LogP contribution in [0, 0.1) is 11.2 Å². The Kier molecular flexibility index (Phi) is 5.92. The van der Waals surface area contributed by atoms with E-state index in [2.05, 4.69) is 46.0 Å². The molecule has 1 aliphatic heterocycles. The molecule has 2 aromatic carbocycles. The predicted molar refractivity (Wildman–Crippen MR) is 119 cm³/mol. The van der Waals surface area contributed by atoms with Crippen molar-refractivity contribution in [2.45, 2.75) is 12.0 Å². The lowest BCUT2D eigenvalue weighted by Gasteiger charge is -2.25. The fraction of sp³-hybridized carbons (Fsp3) is 0.261. The molecule has 4 rings (SSSR count). The van der Waals surface area contributed by atoms with Crippen LogP contribution in [-0.2, 0) is 0 Å². The molecular weight excluding hydrogens is 395 g/mol. The van der Waals surface area contributed by atoms with Gasteiger partial charge < -0.3 is 15.2 Å². The smallest absolute Gasteiger partial charge is 0.267 e. The minimum atomic E-state index is -0.363. The van der Waals surface area contributed by atoms with E-state index in [1.165, 1.54) is 17.7 Å². The van der Waals surface area contributed by atoms with Crippen molar-refractivity contribution in [1.29, 1.82) is 5.41 Å². The van der Waals surface area contributed by atoms with Crippen LogP contribution in [0.2, 0.25) is 0 Å². The predicted octanol–water partition coefficient (Wildman–Crippen LogP) is 1.97. The topological polar surface area (TPSA) is 92.7 Å². The third-order valence-corrected chi connectivity index (χ3v) is 5.77. The van der Waals surface area contributed by atoms with Gasteiger partial charge in [-0.2, -0.15) is 4.98 Å². The van der Waals surface area contributed by atoms with Crippen LogP contribution in [0.5, 0.6) is 0 Å². The average molecular weight is 422 g/mol. The number of nitrogens with two attached hydrogens (primary N) is 1. The quantitative estimate of drug-likeness (QED) is 0.419. The summed E-state index contributed by atoms with van der Waals surface area (Å²) in [5.41, 5.74) is 1.78. The van der Waals surface area contributed by atoms with E-state index in [9.17, 15) is 9.18 Å². The number of likely N-dealkylation sites (N-methyl/N-ethyl adjacent to an activating group) is 1. The lowest BCUT2D eigenvalue weighted by molar-refractivity contribution is -0.483. The van der Waals surface area contributed by atoms with Crippen molar-refractivity contribution in [3.63, 3.8) is 0 Å². The lowest BCUT2D eigenvalue weighted by atomic mass is 9.94. The number of halogens is 1. The first-order valence-corrected chi connectivity index (χ1v) is 10.2. The van der Waals surface area contributed by atoms with Gasteiger partial charge in [-0.3, -0.25) is 15.1 Å². The number of anilines is 1. The molecule has 8 heteroatoms. The summed E-state index contributed by atoms with van der Waals surface area (Å²) < 4.78 is 13.3. The Bertz CT molecular complexity index is 1110. The summed E-state index contributed by atoms with van der Waals surface area (Å²) in [6, 6.07) is 16.6. The minimum absolute atomic E-state index is 0.177. The van der Waals surface area contributed by atoms with Gasteiger partial charge in [-0.05, 0) is 31.8 Å². The van der Waals surface area contributed by atoms with E-state index in [0.717, 1.165) is 19.3 Å². The molecule has 0 saturated carbocycles. The molecule has 0 aliphatic carbocycles. The summed E-state index contributed by atoms with van der Waals surface area (Å²) in [7, 11) is 4.12. The van der Waals surface area contributed by atoms with Crippen molar-refractivity contribution in [1.82, 2.24) is 14.9 Å². The molecule has 31 heavy (non-hydrogen) atoms. The van der Waals surface area contributed by atoms with Crippen molar-refractivity contribution >= 4 is 23.7 Å². The van der Waals surface area contributed by atoms with E-state index < -0.39 is 0 Å². The molecule has 1 saturated heterocycles. The van der Waals surface area contributed by atoms with E-state index >= 15 is 0 Å². The zero-order valence-corrected chi connectivity index (χ0v) is 17.5. The summed E-state index contributed by atoms with van der Waals surface area (Å²) in [6.45, 7) is 1.44. The zero-order chi connectivity index (χ0) is 22.0. The van der Waals surface area contributed by atoms with E-state index in [1.807, 2.05) is 18.2 Å². The fourth-order valence-electron chi connectivity index (χ4n) is 4.11. The summed E-state index contributed by atoms with van der Waals surface area (Å²) in [4.78, 5) is 24.5. The Morgan fingerprint density at radius 1 is 1.16 bits per heavy atom. The highest BCUT2D eigenvalue weighted by Gasteiger charge is 2.36. The highest BCUT2D eigenvalue weighted by Crippen LogP contribution is 2.32. The van der Waals surface area contributed by atoms with Crippen LogP contribution < -0.4 is 15.8 Å². The standard InChI is InChI=1S/C23H25FN6O/c1-29(2)20-14-30(13-19(20)15-6-4-3-5-7-15)23-27-21(18(12-25)22(31)28-23)26-17-10-8-16(24)9-11-17/h3-12,19-20,25H,13-14H2,1-2H3,(H2,26,27,28,31)/p+1/t19-,20+/m1/s1. The Hall–Kier alpha value is -3.36. The van der Waals surface area contributed by atoms with Crippen molar-refractivity contribution in [2.24, 2.45) is 0 Å². The molecule has 0 amide bonds. The zero-order valence-electron chi connectivity index (χ0n) is 17.5. The third-order valence-electron chi connectivity index (χ3n) is 5.77. The molecule has 7 nitrogen and oxygen atoms in total. The number of rotatable bonds is 6. The van der Waals surface area contributed by atoms with Crippen LogP contribution in [0.3, 0.4) is 0 Å². The first kappa shape index (κ1) is 20.9. The van der Waals surface area contributed by atoms with Crippen LogP contribution in [0.25, 0.3) is 0 Å². The van der Waals surface area contributed by atoms with Gasteiger partial charge in [0.1, 0.15) is 17.1 Å². The molecular formula is C23H26FN6O+. The third kappa shape index (κ3) is 4.40. The fourth-order valence-corrected chi connectivity index (χ4v) is 4.11. The molecule has 4 N–H and O–H groups in total. The van der Waals surface area contributed by atoms with Crippen LogP contribution in [0.4, 0.5) is 21.8 Å². The maximum atomic E-state index is 13.3. The second kappa shape index (κ2) is 8.79. The highest BCUT2D eigenvalue weighted by atomic mass is 19.1. The number of aromatic nitrogens is 2. The van der Waals surface area contributed by atoms with Crippen molar-refractivity contribution < 1.29 is 9.71 Å². The monoisotopic (exact) mass is 421 g/mol. The van der Waals surface area contributed by atoms with Crippen molar-refractivity contribution in [3.05, 3.63) is 81.9 Å². The molecule has 3 aromatic rings. The first-order chi connectivity index (χ1) is 15.0. The van der Waals surface area contributed by atoms with Crippen LogP contribution in [0.15, 0.2) is 59.4 Å². The van der Waals surface area contributed by atoms with E-state index in [4.69, 9.17) is 5.41 Å². The highest BCUT2D eigenvalue weighted by molar-refractivity contribution is 5.81. The first-order valence-electron chi connectivity index (χ1n) is 10.2. The molecule has 160 valence electrons. The summed E-state index contributed by atoms with van der Waals surface area (Å²) >= 11 is 0. The number of quaternary nitrogens is 1. The Morgan fingerprint density at radius 2 is 1.87 bits per heavy atom. The molecule has 0 radical (unpaired) electrons. The largest absolute Gasteiger partial charge is 0.340 e. The molecule has 2 heterocycles. The molecule has 0 spiro atoms. The van der Waals surface area contributed by atoms with Gasteiger partial charge in [0.15, 0.2) is 0 Å². The van der Waals surface area contributed by atoms with Gasteiger partial charge in [0.05, 0.1) is 0 Å². The molecule has 1 aliphatic rings. The van der Waals surface area contributed by atoms with Gasteiger partial charge in [0, 0.05) is 43.4 Å². The molecule has 0 unspecified atom stereocenters. The van der Waals surface area contributed by atoms with E-state index in [-0.39, 0.29) is 28.9 Å². The van der Waals surface area contributed by atoms with Crippen molar-refractivity contribution in [3.8, 4) is 0 Å². The number of nitrogens with zero attached hydrogens (tertiary/aromatic N) is 3. The summed E-state index contributed by atoms with van der Waals surface area (Å²) in [5.74, 6) is 0.815. The van der Waals surface area contributed by atoms with E-state index in [1.54, 1.807) is 17.4 Å². The lowest BCUT2D eigenvalue weighted by Crippen LogP contribution is -2.72. The van der Waals surface area contributed by atoms with E-state index in [0.29, 0.717) is 17.5 Å². The van der Waals surface area contributed by atoms with Crippen LogP contribution >= 0.6 is 0 Å². The second-order valence-electron chi connectivity index (χ2n) is 7.98. The summed E-state index contributed by atoms with van der Waals surface area (Å²) in [6.07, 6.45) is 1.00. The number of nitrogens with one attached hydrogen (secondary N) is 2. The Balaban J connectivity index is 1.67. The minimum Gasteiger partial charge on any atom is -0.340 e. The molecule has 0 bridgehead atoms. The number of aromatic amines is 1. The van der Waals surface area contributed by atoms with Gasteiger partial charge in [-0.15, -0.1) is 0 Å². The molecule has 1 fully saturated rings. The Morgan fingerprint density at radius 3 is 2.52 bits per heavy atom. The second-order valence-corrected chi connectivity index (χ2v) is 7.98. The Labute approximate surface area is 180 Å². The maximum absolute atomic E-state index is 13.3. The van der Waals surface area contributed by atoms with Gasteiger partial charge in [-0.25, -0.2) is 4.39 Å². The molecule has 2 atom stereocenters. The SMILES string of the molecule is CN(C)[C@H]1CN(c2nc([NH2+]c3ccc(F)cc3)c(C=N)c(=O)[nH]2)C[C@@H]1c1ccccc1. The van der Waals surface area contributed by atoms with Gasteiger partial charge in [0.2, 0.25) is 11.8 Å². The average Bonchev–Trinajstić information content (AvgIpc) is 3.22. The van der Waals surface area contributed by atoms with Crippen LogP contribution in [-0.4, -0.2) is 54.3 Å². The number of H-pyrrole nitrogens is 1. The maximum Gasteiger partial charge on any atom is 0.267 e. The van der Waals surface area contributed by atoms with Gasteiger partial charge in [-0.1, -0.05) is 30.3 Å². The van der Waals surface area contributed by atoms with Gasteiger partial charge in [0.25, 0.3) is 5.56 Å². The van der Waals surface area contributed by atoms with Gasteiger partial charge >= 0.3 is 0 Å². The van der Waals surface area contributed by atoms with Crippen molar-refractivity contribution in [2.75, 3.05) is 32.1 Å². The summed E-state index contributed by atoms with van der Waals surface area (Å²) in [5, 5.41) is 9.35. The number of hydrogen-bond acceptors (Lipinski definition) is 5. The number of hydrogen-bond donors (Lipinski definition) is 3. The normalized spacial score (nSPS) is 18.5. The van der Waals surface area contributed by atoms with Crippen LogP contribution in [0.1, 0.15) is 17.0 Å².